The number of benzene rings is 1. The Labute approximate surface area is 274 Å². The topological polar surface area (TPSA) is 208 Å². The minimum atomic E-state index is -1.54. The molecule has 47 heavy (non-hydrogen) atoms. The highest BCUT2D eigenvalue weighted by atomic mass is 16.6. The Balaban J connectivity index is 2.09. The number of nitrogens with one attached hydrogen (secondary N) is 6. The fourth-order valence-electron chi connectivity index (χ4n) is 5.25. The number of hydrogen-bond acceptors (Lipinski definition) is 8. The molecule has 0 radical (unpaired) electrons. The number of hydrogen-bond donors (Lipinski definition) is 7. The zero-order chi connectivity index (χ0) is 35.1. The minimum Gasteiger partial charge on any atom is -0.460 e. The van der Waals surface area contributed by atoms with Gasteiger partial charge in [-0.15, -0.1) is 0 Å². The molecule has 5 amide bonds. The van der Waals surface area contributed by atoms with Gasteiger partial charge < -0.3 is 41.4 Å². The Morgan fingerprint density at radius 2 is 1.34 bits per heavy atom. The third-order valence-electron chi connectivity index (χ3n) is 7.56. The number of ether oxygens (including phenoxy) is 1. The van der Waals surface area contributed by atoms with E-state index < -0.39 is 90.3 Å². The van der Waals surface area contributed by atoms with E-state index in [2.05, 4.69) is 31.6 Å². The van der Waals surface area contributed by atoms with Crippen molar-refractivity contribution in [2.24, 2.45) is 11.8 Å². The van der Waals surface area contributed by atoms with E-state index in [1.165, 1.54) is 0 Å². The lowest BCUT2D eigenvalue weighted by atomic mass is 9.98. The Morgan fingerprint density at radius 1 is 0.787 bits per heavy atom. The maximum absolute atomic E-state index is 13.9. The molecule has 0 unspecified atom stereocenters. The first-order chi connectivity index (χ1) is 22.0. The van der Waals surface area contributed by atoms with E-state index in [1.807, 2.05) is 38.1 Å². The van der Waals surface area contributed by atoms with Crippen molar-refractivity contribution in [3.05, 3.63) is 36.0 Å². The van der Waals surface area contributed by atoms with Gasteiger partial charge in [0.25, 0.3) is 0 Å². The van der Waals surface area contributed by atoms with Crippen LogP contribution in [-0.2, 0) is 39.9 Å². The fourth-order valence-corrected chi connectivity index (χ4v) is 5.25. The number of para-hydroxylation sites is 1. The van der Waals surface area contributed by atoms with Gasteiger partial charge in [0.1, 0.15) is 35.8 Å². The van der Waals surface area contributed by atoms with Gasteiger partial charge in [-0.05, 0) is 50.7 Å². The maximum Gasteiger partial charge on any atom is 0.308 e. The van der Waals surface area contributed by atoms with Crippen molar-refractivity contribution in [3.63, 3.8) is 0 Å². The Bertz CT molecular complexity index is 1460. The highest BCUT2D eigenvalue weighted by Crippen LogP contribution is 2.20. The van der Waals surface area contributed by atoms with Gasteiger partial charge in [-0.3, -0.25) is 28.8 Å². The Kier molecular flexibility index (Phi) is 12.5. The second-order valence-electron chi connectivity index (χ2n) is 13.6. The predicted octanol–water partition coefficient (Wildman–Crippen LogP) is 0.574. The van der Waals surface area contributed by atoms with Crippen LogP contribution >= 0.6 is 0 Å². The van der Waals surface area contributed by atoms with E-state index >= 15 is 0 Å². The molecule has 14 nitrogen and oxygen atoms in total. The number of aromatic nitrogens is 1. The number of aliphatic hydroxyl groups is 1. The Hall–Kier alpha value is -4.46. The van der Waals surface area contributed by atoms with Crippen molar-refractivity contribution in [1.29, 1.82) is 0 Å². The molecule has 14 heteroatoms. The van der Waals surface area contributed by atoms with Crippen molar-refractivity contribution >= 4 is 46.4 Å². The molecular formula is C33H48N6O8. The van der Waals surface area contributed by atoms with Crippen LogP contribution < -0.4 is 26.6 Å². The zero-order valence-electron chi connectivity index (χ0n) is 28.1. The van der Waals surface area contributed by atoms with Crippen molar-refractivity contribution in [2.75, 3.05) is 6.61 Å². The lowest BCUT2D eigenvalue weighted by Gasteiger charge is -2.28. The number of aliphatic hydroxyl groups excluding tert-OH is 1. The second kappa shape index (κ2) is 15.9. The predicted molar refractivity (Wildman–Crippen MR) is 173 cm³/mol. The first-order valence-corrected chi connectivity index (χ1v) is 15.9. The molecule has 7 N–H and O–H groups in total. The maximum atomic E-state index is 13.9. The number of rotatable bonds is 8. The second-order valence-corrected chi connectivity index (χ2v) is 13.6. The molecule has 2 heterocycles. The van der Waals surface area contributed by atoms with Crippen molar-refractivity contribution in [2.45, 2.75) is 104 Å². The molecule has 1 saturated heterocycles. The smallest absolute Gasteiger partial charge is 0.308 e. The Morgan fingerprint density at radius 3 is 1.96 bits per heavy atom. The van der Waals surface area contributed by atoms with Gasteiger partial charge in [0.15, 0.2) is 0 Å². The lowest BCUT2D eigenvalue weighted by Crippen LogP contribution is -2.59. The van der Waals surface area contributed by atoms with Gasteiger partial charge in [0.05, 0.1) is 13.0 Å². The van der Waals surface area contributed by atoms with Crippen LogP contribution in [0.3, 0.4) is 0 Å². The van der Waals surface area contributed by atoms with Gasteiger partial charge in [-0.25, -0.2) is 0 Å². The summed E-state index contributed by atoms with van der Waals surface area (Å²) in [6.45, 7) is 11.2. The number of amides is 5. The van der Waals surface area contributed by atoms with Crippen LogP contribution in [0.2, 0.25) is 0 Å². The SMILES string of the molecule is CC(C)C[C@@H]1NC(=O)[C@@H](C(C)C)NC(=O)[C@H](CO)NC(=O)[C@@H](CC(=O)OC(C)(C)C)NC(=O)[C@@H](Cc2c[nH]c3ccccc23)NC1=O. The molecule has 0 aliphatic carbocycles. The van der Waals surface area contributed by atoms with Gasteiger partial charge >= 0.3 is 5.97 Å². The van der Waals surface area contributed by atoms with Crippen LogP contribution in [0, 0.1) is 11.8 Å². The highest BCUT2D eigenvalue weighted by Gasteiger charge is 2.36. The number of H-pyrrole nitrogens is 1. The lowest BCUT2D eigenvalue weighted by molar-refractivity contribution is -0.156. The van der Waals surface area contributed by atoms with Crippen LogP contribution in [-0.4, -0.2) is 88.0 Å². The van der Waals surface area contributed by atoms with Crippen LogP contribution in [0.5, 0.6) is 0 Å². The molecule has 1 aliphatic heterocycles. The summed E-state index contributed by atoms with van der Waals surface area (Å²) in [6, 6.07) is 0.899. The molecule has 258 valence electrons. The molecular weight excluding hydrogens is 608 g/mol. The molecule has 0 spiro atoms. The average molecular weight is 657 g/mol. The number of esters is 1. The summed E-state index contributed by atoms with van der Waals surface area (Å²) in [5.74, 6) is -5.18. The third-order valence-corrected chi connectivity index (χ3v) is 7.56. The summed E-state index contributed by atoms with van der Waals surface area (Å²) in [4.78, 5) is 84.0. The van der Waals surface area contributed by atoms with Crippen LogP contribution in [0.1, 0.15) is 66.9 Å². The molecule has 1 aliphatic rings. The quantitative estimate of drug-likeness (QED) is 0.200. The zero-order valence-corrected chi connectivity index (χ0v) is 28.1. The van der Waals surface area contributed by atoms with E-state index in [0.29, 0.717) is 5.56 Å². The third kappa shape index (κ3) is 10.5. The first-order valence-electron chi connectivity index (χ1n) is 15.9. The summed E-state index contributed by atoms with van der Waals surface area (Å²) in [6.07, 6.45) is 1.33. The van der Waals surface area contributed by atoms with Gasteiger partial charge in [0.2, 0.25) is 29.5 Å². The van der Waals surface area contributed by atoms with Gasteiger partial charge in [0, 0.05) is 23.5 Å². The minimum absolute atomic E-state index is 0.00136. The van der Waals surface area contributed by atoms with Gasteiger partial charge in [-0.1, -0.05) is 45.9 Å². The largest absolute Gasteiger partial charge is 0.460 e. The van der Waals surface area contributed by atoms with Crippen LogP contribution in [0.25, 0.3) is 10.9 Å². The highest BCUT2D eigenvalue weighted by molar-refractivity contribution is 5.99. The molecule has 1 aromatic heterocycles. The average Bonchev–Trinajstić information content (AvgIpc) is 3.38. The summed E-state index contributed by atoms with van der Waals surface area (Å²) >= 11 is 0. The van der Waals surface area contributed by atoms with Crippen LogP contribution in [0.4, 0.5) is 0 Å². The van der Waals surface area contributed by atoms with Crippen molar-refractivity contribution < 1.29 is 38.6 Å². The van der Waals surface area contributed by atoms with E-state index in [1.54, 1.807) is 40.8 Å². The first kappa shape index (κ1) is 37.0. The number of aromatic amines is 1. The summed E-state index contributed by atoms with van der Waals surface area (Å²) < 4.78 is 5.39. The molecule has 1 aromatic carbocycles. The summed E-state index contributed by atoms with van der Waals surface area (Å²) in [5.41, 5.74) is 0.616. The molecule has 0 saturated carbocycles. The van der Waals surface area contributed by atoms with E-state index in [9.17, 15) is 33.9 Å². The monoisotopic (exact) mass is 656 g/mol. The molecule has 1 fully saturated rings. The van der Waals surface area contributed by atoms with Crippen molar-refractivity contribution in [3.8, 4) is 0 Å². The van der Waals surface area contributed by atoms with E-state index in [0.717, 1.165) is 10.9 Å². The summed E-state index contributed by atoms with van der Waals surface area (Å²) in [7, 11) is 0. The van der Waals surface area contributed by atoms with E-state index in [4.69, 9.17) is 4.74 Å². The molecule has 3 rings (SSSR count). The normalized spacial score (nSPS) is 23.7. The van der Waals surface area contributed by atoms with E-state index in [-0.39, 0.29) is 18.8 Å². The molecule has 2 aromatic rings. The fraction of sp³-hybridized carbons (Fsp3) is 0.576. The van der Waals surface area contributed by atoms with Crippen molar-refractivity contribution in [1.82, 2.24) is 31.6 Å². The standard InChI is InChI=1S/C33H48N6O8/c1-17(2)12-22-28(42)35-23(13-19-15-34-21-11-9-8-10-20(19)21)29(43)36-24(14-26(41)47-33(5,6)7)30(44)38-25(16-40)31(45)39-27(18(3)4)32(46)37-22/h8-11,15,17-18,22-25,27,34,40H,12-14,16H2,1-7H3,(H,35,42)(H,36,43)(H,37,46)(H,38,44)(H,39,45)/t22-,23+,24+,25-,27+/m0/s1. The summed E-state index contributed by atoms with van der Waals surface area (Å²) in [5, 5.41) is 23.8. The van der Waals surface area contributed by atoms with Gasteiger partial charge in [-0.2, -0.15) is 0 Å². The number of carbonyl (C=O) groups is 6. The number of fused-ring (bicyclic) bond motifs is 1. The molecule has 5 atom stereocenters. The van der Waals surface area contributed by atoms with Crippen LogP contribution in [0.15, 0.2) is 30.5 Å². The molecule has 0 bridgehead atoms. The number of carbonyl (C=O) groups excluding carboxylic acids is 6.